The van der Waals surface area contributed by atoms with Gasteiger partial charge in [0, 0.05) is 29.8 Å². The average molecular weight is 225 g/mol. The number of pyridine rings is 1. The molecule has 1 aliphatic rings. The summed E-state index contributed by atoms with van der Waals surface area (Å²) in [5.41, 5.74) is 1.58. The zero-order valence-corrected chi connectivity index (χ0v) is 8.97. The van der Waals surface area contributed by atoms with Crippen LogP contribution in [-0.4, -0.2) is 26.5 Å². The molecule has 2 aromatic heterocycles. The summed E-state index contributed by atoms with van der Waals surface area (Å²) in [6.07, 6.45) is 4.22. The molecule has 0 N–H and O–H groups in total. The molecule has 0 fully saturated rings. The number of aryl methyl sites for hydroxylation is 1. The molecule has 0 bridgehead atoms. The highest BCUT2D eigenvalue weighted by Crippen LogP contribution is 2.24. The lowest BCUT2D eigenvalue weighted by Crippen LogP contribution is -2.24. The maximum Gasteiger partial charge on any atom is 0.216 e. The minimum atomic E-state index is -0.296. The van der Waals surface area contributed by atoms with Crippen LogP contribution in [0, 0.1) is 6.92 Å². The molecular formula is C12H7N3O2. The molecule has 0 unspecified atom stereocenters. The van der Waals surface area contributed by atoms with Gasteiger partial charge in [-0.05, 0) is 13.0 Å². The molecule has 5 heteroatoms. The molecule has 2 aromatic rings. The van der Waals surface area contributed by atoms with E-state index in [9.17, 15) is 9.59 Å². The van der Waals surface area contributed by atoms with E-state index < -0.39 is 0 Å². The molecule has 0 atom stereocenters. The van der Waals surface area contributed by atoms with Crippen molar-refractivity contribution in [3.8, 4) is 0 Å². The van der Waals surface area contributed by atoms with Crippen molar-refractivity contribution in [1.82, 2.24) is 15.0 Å². The molecule has 3 rings (SSSR count). The van der Waals surface area contributed by atoms with Gasteiger partial charge in [-0.1, -0.05) is 0 Å². The average Bonchev–Trinajstić information content (AvgIpc) is 2.36. The Balaban J connectivity index is 2.33. The van der Waals surface area contributed by atoms with Gasteiger partial charge in [-0.15, -0.1) is 0 Å². The summed E-state index contributed by atoms with van der Waals surface area (Å²) in [7, 11) is 0. The largest absolute Gasteiger partial charge is 0.287 e. The Morgan fingerprint density at radius 3 is 2.12 bits per heavy atom. The number of hydrogen-bond donors (Lipinski definition) is 0. The van der Waals surface area contributed by atoms with Crippen LogP contribution < -0.4 is 0 Å². The third-order valence-corrected chi connectivity index (χ3v) is 2.66. The van der Waals surface area contributed by atoms with Gasteiger partial charge >= 0.3 is 0 Å². The third-order valence-electron chi connectivity index (χ3n) is 2.66. The van der Waals surface area contributed by atoms with Crippen LogP contribution in [0.2, 0.25) is 0 Å². The lowest BCUT2D eigenvalue weighted by Gasteiger charge is -2.14. The molecule has 0 amide bonds. The molecule has 0 aromatic carbocycles. The smallest absolute Gasteiger partial charge is 0.216 e. The Morgan fingerprint density at radius 1 is 0.882 bits per heavy atom. The maximum absolute atomic E-state index is 12.1. The number of carbonyl (C=O) groups excluding carboxylic acids is 2. The van der Waals surface area contributed by atoms with Gasteiger partial charge in [0.2, 0.25) is 11.6 Å². The van der Waals surface area contributed by atoms with E-state index in [0.29, 0.717) is 16.8 Å². The van der Waals surface area contributed by atoms with Gasteiger partial charge in [-0.25, -0.2) is 9.97 Å². The van der Waals surface area contributed by atoms with Gasteiger partial charge in [-0.3, -0.25) is 14.6 Å². The first-order valence-electron chi connectivity index (χ1n) is 5.05. The van der Waals surface area contributed by atoms with Crippen molar-refractivity contribution in [2.75, 3.05) is 0 Å². The van der Waals surface area contributed by atoms with E-state index in [-0.39, 0.29) is 23.0 Å². The summed E-state index contributed by atoms with van der Waals surface area (Å²) in [5.74, 6) is -0.566. The summed E-state index contributed by atoms with van der Waals surface area (Å²) in [4.78, 5) is 36.1. The van der Waals surface area contributed by atoms with Crippen molar-refractivity contribution in [2.24, 2.45) is 0 Å². The van der Waals surface area contributed by atoms with Gasteiger partial charge in [0.25, 0.3) is 0 Å². The first kappa shape index (κ1) is 9.77. The quantitative estimate of drug-likeness (QED) is 0.569. The summed E-state index contributed by atoms with van der Waals surface area (Å²) in [6, 6.07) is 1.60. The van der Waals surface area contributed by atoms with E-state index in [4.69, 9.17) is 0 Å². The summed E-state index contributed by atoms with van der Waals surface area (Å²) in [6.45, 7) is 1.77. The molecule has 0 saturated heterocycles. The Kier molecular flexibility index (Phi) is 1.89. The monoisotopic (exact) mass is 225 g/mol. The number of nitrogens with zero attached hydrogens (tertiary/aromatic N) is 3. The SMILES string of the molecule is Cc1cc2c(cn1)C(=O)c1nccnc1C2=O. The highest BCUT2D eigenvalue weighted by molar-refractivity contribution is 6.26. The predicted octanol–water partition coefficient (Wildman–Crippen LogP) is 0.955. The standard InChI is InChI=1S/C12H7N3O2/c1-6-4-7-8(5-15-6)12(17)10-9(11(7)16)13-2-3-14-10/h2-5H,1H3. The number of rotatable bonds is 0. The van der Waals surface area contributed by atoms with Gasteiger partial charge < -0.3 is 0 Å². The summed E-state index contributed by atoms with van der Waals surface area (Å²) >= 11 is 0. The number of fused-ring (bicyclic) bond motifs is 2. The zero-order valence-electron chi connectivity index (χ0n) is 8.97. The van der Waals surface area contributed by atoms with Crippen LogP contribution in [0.1, 0.15) is 37.8 Å². The highest BCUT2D eigenvalue weighted by atomic mass is 16.1. The van der Waals surface area contributed by atoms with E-state index >= 15 is 0 Å². The Bertz CT molecular complexity index is 665. The van der Waals surface area contributed by atoms with Crippen LogP contribution in [0.5, 0.6) is 0 Å². The lowest BCUT2D eigenvalue weighted by atomic mass is 9.91. The lowest BCUT2D eigenvalue weighted by molar-refractivity contribution is 0.0971. The van der Waals surface area contributed by atoms with Crippen molar-refractivity contribution in [3.05, 3.63) is 52.9 Å². The third kappa shape index (κ3) is 1.29. The van der Waals surface area contributed by atoms with Crippen molar-refractivity contribution < 1.29 is 9.59 Å². The van der Waals surface area contributed by atoms with Crippen LogP contribution >= 0.6 is 0 Å². The molecule has 2 heterocycles. The minimum Gasteiger partial charge on any atom is -0.287 e. The molecular weight excluding hydrogens is 218 g/mol. The van der Waals surface area contributed by atoms with E-state index in [1.54, 1.807) is 13.0 Å². The normalized spacial score (nSPS) is 13.2. The fourth-order valence-corrected chi connectivity index (χ4v) is 1.85. The molecule has 1 aliphatic carbocycles. The second-order valence-electron chi connectivity index (χ2n) is 3.78. The second kappa shape index (κ2) is 3.28. The van der Waals surface area contributed by atoms with E-state index in [1.165, 1.54) is 18.6 Å². The van der Waals surface area contributed by atoms with E-state index in [0.717, 1.165) is 0 Å². The number of aromatic nitrogens is 3. The van der Waals surface area contributed by atoms with Crippen molar-refractivity contribution >= 4 is 11.6 Å². The second-order valence-corrected chi connectivity index (χ2v) is 3.78. The molecule has 0 saturated carbocycles. The van der Waals surface area contributed by atoms with Crippen LogP contribution in [-0.2, 0) is 0 Å². The minimum absolute atomic E-state index is 0.107. The first-order valence-corrected chi connectivity index (χ1v) is 5.05. The van der Waals surface area contributed by atoms with Gasteiger partial charge in [0.1, 0.15) is 11.4 Å². The highest BCUT2D eigenvalue weighted by Gasteiger charge is 2.32. The van der Waals surface area contributed by atoms with Crippen LogP contribution in [0.4, 0.5) is 0 Å². The van der Waals surface area contributed by atoms with Crippen LogP contribution in [0.25, 0.3) is 0 Å². The van der Waals surface area contributed by atoms with Gasteiger partial charge in [0.05, 0.1) is 5.56 Å². The van der Waals surface area contributed by atoms with E-state index in [1.807, 2.05) is 0 Å². The summed E-state index contributed by atoms with van der Waals surface area (Å²) in [5, 5.41) is 0. The Morgan fingerprint density at radius 2 is 1.47 bits per heavy atom. The van der Waals surface area contributed by atoms with E-state index in [2.05, 4.69) is 15.0 Å². The fraction of sp³-hybridized carbons (Fsp3) is 0.0833. The molecule has 0 aliphatic heterocycles. The van der Waals surface area contributed by atoms with Crippen molar-refractivity contribution in [1.29, 1.82) is 0 Å². The Labute approximate surface area is 96.6 Å². The molecule has 0 radical (unpaired) electrons. The topological polar surface area (TPSA) is 72.8 Å². The Hall–Kier alpha value is -2.43. The van der Waals surface area contributed by atoms with Gasteiger partial charge in [0.15, 0.2) is 0 Å². The molecule has 17 heavy (non-hydrogen) atoms. The van der Waals surface area contributed by atoms with Crippen LogP contribution in [0.15, 0.2) is 24.7 Å². The molecule has 82 valence electrons. The number of carbonyl (C=O) groups is 2. The fourth-order valence-electron chi connectivity index (χ4n) is 1.85. The van der Waals surface area contributed by atoms with Crippen LogP contribution in [0.3, 0.4) is 0 Å². The predicted molar refractivity (Wildman–Crippen MR) is 57.9 cm³/mol. The summed E-state index contributed by atoms with van der Waals surface area (Å²) < 4.78 is 0. The number of ketones is 2. The maximum atomic E-state index is 12.1. The molecule has 5 nitrogen and oxygen atoms in total. The van der Waals surface area contributed by atoms with Crippen molar-refractivity contribution in [3.63, 3.8) is 0 Å². The van der Waals surface area contributed by atoms with Gasteiger partial charge in [-0.2, -0.15) is 0 Å². The molecule has 0 spiro atoms. The number of hydrogen-bond acceptors (Lipinski definition) is 5. The first-order chi connectivity index (χ1) is 8.18. The zero-order chi connectivity index (χ0) is 12.0. The van der Waals surface area contributed by atoms with Crippen molar-refractivity contribution in [2.45, 2.75) is 6.92 Å².